The van der Waals surface area contributed by atoms with Crippen LogP contribution in [0.25, 0.3) is 5.69 Å². The van der Waals surface area contributed by atoms with E-state index in [0.29, 0.717) is 43.2 Å². The summed E-state index contributed by atoms with van der Waals surface area (Å²) in [6.45, 7) is 5.59. The first-order chi connectivity index (χ1) is 17.6. The molecule has 0 spiro atoms. The number of rotatable bonds is 8. The topological polar surface area (TPSA) is 67.2 Å². The predicted octanol–water partition coefficient (Wildman–Crippen LogP) is 4.91. The smallest absolute Gasteiger partial charge is 0.350 e. The number of hydrogen-bond acceptors (Lipinski definition) is 3. The van der Waals surface area contributed by atoms with Crippen LogP contribution in [0.2, 0.25) is 0 Å². The summed E-state index contributed by atoms with van der Waals surface area (Å²) >= 11 is 0. The highest BCUT2D eigenvalue weighted by atomic mass is 19.4. The third-order valence-corrected chi connectivity index (χ3v) is 6.43. The molecule has 1 N–H and O–H groups in total. The fourth-order valence-electron chi connectivity index (χ4n) is 4.58. The van der Waals surface area contributed by atoms with Crippen molar-refractivity contribution in [1.82, 2.24) is 20.0 Å². The highest BCUT2D eigenvalue weighted by Gasteiger charge is 2.31. The van der Waals surface area contributed by atoms with Crippen molar-refractivity contribution in [3.63, 3.8) is 0 Å². The molecule has 0 radical (unpaired) electrons. The van der Waals surface area contributed by atoms with E-state index in [4.69, 9.17) is 0 Å². The molecule has 0 aliphatic carbocycles. The maximum atomic E-state index is 13.0. The minimum atomic E-state index is -4.44. The number of aromatic nitrogens is 2. The van der Waals surface area contributed by atoms with Crippen molar-refractivity contribution in [2.24, 2.45) is 11.8 Å². The predicted molar refractivity (Wildman–Crippen MR) is 134 cm³/mol. The van der Waals surface area contributed by atoms with Gasteiger partial charge < -0.3 is 10.2 Å². The molecule has 9 heteroatoms. The average Bonchev–Trinajstić information content (AvgIpc) is 3.50. The lowest BCUT2D eigenvalue weighted by molar-refractivity contribution is -0.138. The van der Waals surface area contributed by atoms with Crippen LogP contribution in [0.1, 0.15) is 47.6 Å². The number of carbonyl (C=O) groups excluding carboxylic acids is 2. The molecular weight excluding hydrogens is 481 g/mol. The second kappa shape index (κ2) is 11.2. The summed E-state index contributed by atoms with van der Waals surface area (Å²) in [4.78, 5) is 27.2. The van der Waals surface area contributed by atoms with E-state index in [1.165, 1.54) is 12.1 Å². The van der Waals surface area contributed by atoms with Crippen molar-refractivity contribution in [3.05, 3.63) is 83.2 Å². The van der Waals surface area contributed by atoms with Gasteiger partial charge in [0.25, 0.3) is 5.91 Å². The first-order valence-electron chi connectivity index (χ1n) is 12.5. The van der Waals surface area contributed by atoms with E-state index in [-0.39, 0.29) is 24.2 Å². The number of benzene rings is 2. The maximum Gasteiger partial charge on any atom is 0.416 e. The largest absolute Gasteiger partial charge is 0.416 e. The van der Waals surface area contributed by atoms with Crippen LogP contribution >= 0.6 is 0 Å². The third kappa shape index (κ3) is 6.78. The molecule has 2 heterocycles. The Morgan fingerprint density at radius 2 is 1.84 bits per heavy atom. The molecule has 37 heavy (non-hydrogen) atoms. The van der Waals surface area contributed by atoms with Crippen LogP contribution in [0.15, 0.2) is 60.7 Å². The summed E-state index contributed by atoms with van der Waals surface area (Å²) in [5.41, 5.74) is 1.77. The Morgan fingerprint density at radius 3 is 2.54 bits per heavy atom. The fourth-order valence-corrected chi connectivity index (χ4v) is 4.58. The van der Waals surface area contributed by atoms with E-state index in [2.05, 4.69) is 24.3 Å². The molecule has 2 amide bonds. The first-order valence-corrected chi connectivity index (χ1v) is 12.5. The number of nitrogens with zero attached hydrogens (tertiary/aromatic N) is 3. The zero-order valence-electron chi connectivity index (χ0n) is 21.0. The standard InChI is InChI=1S/C28H31F3N4O2/c1-19(2)13-24-16-25(33-35(24)23-9-4-3-5-10-23)27(37)32-17-21-11-12-34(18-21)26(36)15-20-7-6-8-22(14-20)28(29,30)31/h3-10,14,16,19,21H,11-13,15,17-18H2,1-2H3,(H,32,37)/t21-/m1/s1. The molecule has 1 aliphatic heterocycles. The molecule has 4 rings (SSSR count). The van der Waals surface area contributed by atoms with E-state index in [9.17, 15) is 22.8 Å². The van der Waals surface area contributed by atoms with Gasteiger partial charge in [0.2, 0.25) is 5.91 Å². The molecule has 0 saturated carbocycles. The van der Waals surface area contributed by atoms with Gasteiger partial charge in [-0.3, -0.25) is 9.59 Å². The quantitative estimate of drug-likeness (QED) is 0.466. The molecule has 1 saturated heterocycles. The van der Waals surface area contributed by atoms with Gasteiger partial charge in [-0.05, 0) is 54.5 Å². The number of amides is 2. The molecule has 1 aromatic heterocycles. The average molecular weight is 513 g/mol. The van der Waals surface area contributed by atoms with Crippen LogP contribution < -0.4 is 5.32 Å². The number of para-hydroxylation sites is 1. The highest BCUT2D eigenvalue weighted by Crippen LogP contribution is 2.30. The minimum Gasteiger partial charge on any atom is -0.350 e. The zero-order chi connectivity index (χ0) is 26.6. The zero-order valence-corrected chi connectivity index (χ0v) is 21.0. The molecule has 6 nitrogen and oxygen atoms in total. The Morgan fingerprint density at radius 1 is 1.08 bits per heavy atom. The Hall–Kier alpha value is -3.62. The molecule has 1 fully saturated rings. The van der Waals surface area contributed by atoms with Gasteiger partial charge in [-0.25, -0.2) is 4.68 Å². The minimum absolute atomic E-state index is 0.0701. The molecule has 3 aromatic rings. The lowest BCUT2D eigenvalue weighted by atomic mass is 10.1. The van der Waals surface area contributed by atoms with Crippen LogP contribution in [0.3, 0.4) is 0 Å². The monoisotopic (exact) mass is 512 g/mol. The Labute approximate surface area is 214 Å². The molecular formula is C28H31F3N4O2. The van der Waals surface area contributed by atoms with E-state index in [0.717, 1.165) is 29.9 Å². The van der Waals surface area contributed by atoms with Gasteiger partial charge in [-0.1, -0.05) is 50.2 Å². The number of carbonyl (C=O) groups is 2. The van der Waals surface area contributed by atoms with Gasteiger partial charge in [0.05, 0.1) is 17.7 Å². The van der Waals surface area contributed by atoms with Gasteiger partial charge in [0, 0.05) is 25.3 Å². The van der Waals surface area contributed by atoms with Crippen LogP contribution in [-0.4, -0.2) is 46.1 Å². The normalized spacial score (nSPS) is 15.8. The molecule has 0 bridgehead atoms. The van der Waals surface area contributed by atoms with Gasteiger partial charge in [0.1, 0.15) is 0 Å². The van der Waals surface area contributed by atoms with Crippen LogP contribution in [0.5, 0.6) is 0 Å². The summed E-state index contributed by atoms with van der Waals surface area (Å²) in [5, 5.41) is 7.49. The van der Waals surface area contributed by atoms with E-state index in [1.807, 2.05) is 36.4 Å². The number of likely N-dealkylation sites (tertiary alicyclic amines) is 1. The van der Waals surface area contributed by atoms with Crippen molar-refractivity contribution >= 4 is 11.8 Å². The lowest BCUT2D eigenvalue weighted by Gasteiger charge is -2.17. The molecule has 0 unspecified atom stereocenters. The molecule has 1 aliphatic rings. The molecule has 1 atom stereocenters. The SMILES string of the molecule is CC(C)Cc1cc(C(=O)NC[C@H]2CCN(C(=O)Cc3cccc(C(F)(F)F)c3)C2)nn1-c1ccccc1. The summed E-state index contributed by atoms with van der Waals surface area (Å²) in [7, 11) is 0. The number of hydrogen-bond donors (Lipinski definition) is 1. The Bertz CT molecular complexity index is 1240. The summed E-state index contributed by atoms with van der Waals surface area (Å²) < 4.78 is 40.7. The lowest BCUT2D eigenvalue weighted by Crippen LogP contribution is -2.33. The Balaban J connectivity index is 1.33. The van der Waals surface area contributed by atoms with Crippen molar-refractivity contribution in [1.29, 1.82) is 0 Å². The molecule has 2 aromatic carbocycles. The van der Waals surface area contributed by atoms with E-state index >= 15 is 0 Å². The number of nitrogens with one attached hydrogen (secondary N) is 1. The van der Waals surface area contributed by atoms with E-state index < -0.39 is 11.7 Å². The van der Waals surface area contributed by atoms with Crippen molar-refractivity contribution in [2.45, 2.75) is 39.3 Å². The van der Waals surface area contributed by atoms with Gasteiger partial charge in [-0.15, -0.1) is 0 Å². The highest BCUT2D eigenvalue weighted by molar-refractivity contribution is 5.92. The first kappa shape index (κ1) is 26.4. The third-order valence-electron chi connectivity index (χ3n) is 6.43. The Kier molecular flexibility index (Phi) is 8.00. The summed E-state index contributed by atoms with van der Waals surface area (Å²) in [6, 6.07) is 16.4. The second-order valence-corrected chi connectivity index (χ2v) is 9.95. The summed E-state index contributed by atoms with van der Waals surface area (Å²) in [5.74, 6) is -0.0183. The number of halogens is 3. The summed E-state index contributed by atoms with van der Waals surface area (Å²) in [6.07, 6.45) is -3.03. The van der Waals surface area contributed by atoms with Crippen molar-refractivity contribution < 1.29 is 22.8 Å². The maximum absolute atomic E-state index is 13.0. The van der Waals surface area contributed by atoms with Gasteiger partial charge >= 0.3 is 6.18 Å². The van der Waals surface area contributed by atoms with Crippen LogP contribution in [-0.2, 0) is 23.8 Å². The van der Waals surface area contributed by atoms with Crippen molar-refractivity contribution in [3.8, 4) is 5.69 Å². The molecule has 196 valence electrons. The number of alkyl halides is 3. The fraction of sp³-hybridized carbons (Fsp3) is 0.393. The van der Waals surface area contributed by atoms with Crippen LogP contribution in [0.4, 0.5) is 13.2 Å². The van der Waals surface area contributed by atoms with Crippen LogP contribution in [0, 0.1) is 11.8 Å². The van der Waals surface area contributed by atoms with Crippen molar-refractivity contribution in [2.75, 3.05) is 19.6 Å². The van der Waals surface area contributed by atoms with Gasteiger partial charge in [-0.2, -0.15) is 18.3 Å². The van der Waals surface area contributed by atoms with Gasteiger partial charge in [0.15, 0.2) is 5.69 Å². The second-order valence-electron chi connectivity index (χ2n) is 9.95. The van der Waals surface area contributed by atoms with E-state index in [1.54, 1.807) is 9.58 Å².